The van der Waals surface area contributed by atoms with E-state index in [4.69, 9.17) is 9.47 Å². The van der Waals surface area contributed by atoms with Crippen molar-refractivity contribution in [1.29, 1.82) is 0 Å². The molecule has 6 nitrogen and oxygen atoms in total. The van der Waals surface area contributed by atoms with E-state index in [1.807, 2.05) is 11.0 Å². The predicted molar refractivity (Wildman–Crippen MR) is 108 cm³/mol. The molecule has 0 saturated carbocycles. The summed E-state index contributed by atoms with van der Waals surface area (Å²) in [4.78, 5) is 27.3. The predicted octanol–water partition coefficient (Wildman–Crippen LogP) is 3.73. The second-order valence-electron chi connectivity index (χ2n) is 6.83. The van der Waals surface area contributed by atoms with Crippen molar-refractivity contribution in [2.45, 2.75) is 32.3 Å². The van der Waals surface area contributed by atoms with Gasteiger partial charge >= 0.3 is 0 Å². The third-order valence-electron chi connectivity index (χ3n) is 4.78. The number of benzene rings is 2. The van der Waals surface area contributed by atoms with Gasteiger partial charge < -0.3 is 19.7 Å². The Morgan fingerprint density at radius 1 is 1.00 bits per heavy atom. The van der Waals surface area contributed by atoms with E-state index in [9.17, 15) is 9.59 Å². The van der Waals surface area contributed by atoms with Crippen LogP contribution in [0.15, 0.2) is 48.5 Å². The molecule has 28 heavy (non-hydrogen) atoms. The second kappa shape index (κ2) is 9.26. The molecule has 6 heteroatoms. The van der Waals surface area contributed by atoms with Gasteiger partial charge in [0, 0.05) is 19.2 Å². The van der Waals surface area contributed by atoms with Gasteiger partial charge in [-0.3, -0.25) is 9.59 Å². The van der Waals surface area contributed by atoms with Gasteiger partial charge in [-0.15, -0.1) is 0 Å². The molecule has 0 bridgehead atoms. The molecular formula is C22H26N2O4. The van der Waals surface area contributed by atoms with Gasteiger partial charge in [0.2, 0.25) is 0 Å². The molecule has 1 N–H and O–H groups in total. The van der Waals surface area contributed by atoms with E-state index in [0.29, 0.717) is 22.7 Å². The highest BCUT2D eigenvalue weighted by molar-refractivity contribution is 6.04. The minimum absolute atomic E-state index is 0.0445. The maximum absolute atomic E-state index is 12.9. The van der Waals surface area contributed by atoms with Crippen LogP contribution in [0.3, 0.4) is 0 Å². The third kappa shape index (κ3) is 4.82. The lowest BCUT2D eigenvalue weighted by atomic mass is 10.1. The fourth-order valence-corrected chi connectivity index (χ4v) is 3.21. The number of nitrogens with zero attached hydrogens (tertiary/aromatic N) is 1. The zero-order valence-electron chi connectivity index (χ0n) is 16.3. The van der Waals surface area contributed by atoms with Gasteiger partial charge in [-0.2, -0.15) is 0 Å². The summed E-state index contributed by atoms with van der Waals surface area (Å²) < 4.78 is 10.9. The number of nitrogens with one attached hydrogen (secondary N) is 1. The fourth-order valence-electron chi connectivity index (χ4n) is 3.21. The molecule has 0 aliphatic carbocycles. The summed E-state index contributed by atoms with van der Waals surface area (Å²) in [5.74, 6) is 0.834. The Balaban J connectivity index is 1.68. The normalized spacial score (nSPS) is 14.9. The number of rotatable bonds is 6. The number of methoxy groups -OCH3 is 1. The molecule has 1 heterocycles. The van der Waals surface area contributed by atoms with Crippen molar-refractivity contribution in [1.82, 2.24) is 4.90 Å². The van der Waals surface area contributed by atoms with Gasteiger partial charge in [0.1, 0.15) is 11.5 Å². The Morgan fingerprint density at radius 2 is 1.71 bits per heavy atom. The Labute approximate surface area is 165 Å². The zero-order chi connectivity index (χ0) is 19.9. The van der Waals surface area contributed by atoms with Crippen LogP contribution in [0.25, 0.3) is 0 Å². The zero-order valence-corrected chi connectivity index (χ0v) is 16.3. The van der Waals surface area contributed by atoms with E-state index in [0.717, 1.165) is 32.4 Å². The second-order valence-corrected chi connectivity index (χ2v) is 6.83. The maximum atomic E-state index is 12.9. The first-order valence-electron chi connectivity index (χ1n) is 9.58. The van der Waals surface area contributed by atoms with Crippen molar-refractivity contribution in [3.63, 3.8) is 0 Å². The van der Waals surface area contributed by atoms with Crippen LogP contribution in [-0.4, -0.2) is 43.0 Å². The summed E-state index contributed by atoms with van der Waals surface area (Å²) in [6, 6.07) is 14.2. The summed E-state index contributed by atoms with van der Waals surface area (Å²) in [5.41, 5.74) is 1.01. The van der Waals surface area contributed by atoms with E-state index in [1.165, 1.54) is 0 Å². The largest absolute Gasteiger partial charge is 0.497 e. The van der Waals surface area contributed by atoms with E-state index < -0.39 is 6.10 Å². The van der Waals surface area contributed by atoms with Crippen molar-refractivity contribution in [2.24, 2.45) is 0 Å². The molecule has 0 aromatic heterocycles. The van der Waals surface area contributed by atoms with Gasteiger partial charge in [-0.05, 0) is 50.5 Å². The van der Waals surface area contributed by atoms with Crippen molar-refractivity contribution in [3.8, 4) is 11.5 Å². The van der Waals surface area contributed by atoms with Crippen LogP contribution < -0.4 is 14.8 Å². The standard InChI is InChI=1S/C22H26N2O4/c1-16(28-18-10-8-9-17(15-18)27-2)21(25)23-20-12-5-4-11-19(20)22(26)24-13-6-3-7-14-24/h4-5,8-12,15-16H,3,6-7,13-14H2,1-2H3,(H,23,25)/t16-/m1/s1. The van der Waals surface area contributed by atoms with Crippen LogP contribution in [0.5, 0.6) is 11.5 Å². The number of ether oxygens (including phenoxy) is 2. The van der Waals surface area contributed by atoms with E-state index in [1.54, 1.807) is 56.5 Å². The summed E-state index contributed by atoms with van der Waals surface area (Å²) in [6.45, 7) is 3.19. The molecule has 1 fully saturated rings. The summed E-state index contributed by atoms with van der Waals surface area (Å²) in [5, 5.41) is 2.84. The Hall–Kier alpha value is -3.02. The van der Waals surface area contributed by atoms with Crippen molar-refractivity contribution in [2.75, 3.05) is 25.5 Å². The SMILES string of the molecule is COc1cccc(O[C@H](C)C(=O)Nc2ccccc2C(=O)N2CCCCC2)c1. The van der Waals surface area contributed by atoms with Gasteiger partial charge in [0.25, 0.3) is 11.8 Å². The quantitative estimate of drug-likeness (QED) is 0.827. The van der Waals surface area contributed by atoms with E-state index in [2.05, 4.69) is 5.32 Å². The number of carbonyl (C=O) groups excluding carboxylic acids is 2. The molecule has 1 saturated heterocycles. The van der Waals surface area contributed by atoms with Crippen molar-refractivity contribution < 1.29 is 19.1 Å². The Bertz CT molecular complexity index is 831. The number of hydrogen-bond donors (Lipinski definition) is 1. The molecule has 148 valence electrons. The lowest BCUT2D eigenvalue weighted by Crippen LogP contribution is -2.36. The number of carbonyl (C=O) groups is 2. The monoisotopic (exact) mass is 382 g/mol. The molecular weight excluding hydrogens is 356 g/mol. The summed E-state index contributed by atoms with van der Waals surface area (Å²) in [7, 11) is 1.57. The number of piperidine rings is 1. The number of hydrogen-bond acceptors (Lipinski definition) is 4. The summed E-state index contributed by atoms with van der Waals surface area (Å²) in [6.07, 6.45) is 2.46. The third-order valence-corrected chi connectivity index (χ3v) is 4.78. The molecule has 0 spiro atoms. The van der Waals surface area contributed by atoms with Crippen LogP contribution in [0.2, 0.25) is 0 Å². The lowest BCUT2D eigenvalue weighted by molar-refractivity contribution is -0.122. The Morgan fingerprint density at radius 3 is 2.46 bits per heavy atom. The number of amides is 2. The Kier molecular flexibility index (Phi) is 6.53. The van der Waals surface area contributed by atoms with Gasteiger partial charge in [-0.25, -0.2) is 0 Å². The minimum atomic E-state index is -0.731. The van der Waals surface area contributed by atoms with Gasteiger partial charge in [0.15, 0.2) is 6.10 Å². The first-order valence-corrected chi connectivity index (χ1v) is 9.58. The molecule has 0 unspecified atom stereocenters. The molecule has 3 rings (SSSR count). The molecule has 1 aliphatic rings. The number of likely N-dealkylation sites (tertiary alicyclic amines) is 1. The fraction of sp³-hybridized carbons (Fsp3) is 0.364. The van der Waals surface area contributed by atoms with Gasteiger partial charge in [-0.1, -0.05) is 18.2 Å². The topological polar surface area (TPSA) is 67.9 Å². The smallest absolute Gasteiger partial charge is 0.265 e. The van der Waals surface area contributed by atoms with Crippen molar-refractivity contribution in [3.05, 3.63) is 54.1 Å². The molecule has 0 radical (unpaired) electrons. The number of para-hydroxylation sites is 1. The molecule has 1 aliphatic heterocycles. The molecule has 1 atom stereocenters. The van der Waals surface area contributed by atoms with Gasteiger partial charge in [0.05, 0.1) is 18.4 Å². The van der Waals surface area contributed by atoms with E-state index in [-0.39, 0.29) is 11.8 Å². The average Bonchev–Trinajstić information content (AvgIpc) is 2.74. The average molecular weight is 382 g/mol. The van der Waals surface area contributed by atoms with Crippen LogP contribution in [0.4, 0.5) is 5.69 Å². The highest BCUT2D eigenvalue weighted by Gasteiger charge is 2.23. The first-order chi connectivity index (χ1) is 13.6. The highest BCUT2D eigenvalue weighted by Crippen LogP contribution is 2.22. The molecule has 2 amide bonds. The number of anilines is 1. The molecule has 2 aromatic carbocycles. The maximum Gasteiger partial charge on any atom is 0.265 e. The van der Waals surface area contributed by atoms with E-state index >= 15 is 0 Å². The molecule has 2 aromatic rings. The van der Waals surface area contributed by atoms with Crippen molar-refractivity contribution >= 4 is 17.5 Å². The first kappa shape index (κ1) is 19.7. The van der Waals surface area contributed by atoms with Crippen LogP contribution in [0, 0.1) is 0 Å². The lowest BCUT2D eigenvalue weighted by Gasteiger charge is -2.27. The van der Waals surface area contributed by atoms with Crippen LogP contribution in [0.1, 0.15) is 36.5 Å². The minimum Gasteiger partial charge on any atom is -0.497 e. The van der Waals surface area contributed by atoms with Crippen LogP contribution in [-0.2, 0) is 4.79 Å². The summed E-state index contributed by atoms with van der Waals surface area (Å²) >= 11 is 0. The highest BCUT2D eigenvalue weighted by atomic mass is 16.5. The van der Waals surface area contributed by atoms with Crippen LogP contribution >= 0.6 is 0 Å².